The zero-order chi connectivity index (χ0) is 24.6. The highest BCUT2D eigenvalue weighted by molar-refractivity contribution is 6.02. The molecule has 184 valence electrons. The van der Waals surface area contributed by atoms with Crippen molar-refractivity contribution in [2.75, 3.05) is 5.32 Å². The molecule has 3 heterocycles. The molecule has 36 heavy (non-hydrogen) atoms. The van der Waals surface area contributed by atoms with Crippen LogP contribution in [0.5, 0.6) is 0 Å². The highest BCUT2D eigenvalue weighted by Crippen LogP contribution is 2.45. The summed E-state index contributed by atoms with van der Waals surface area (Å²) in [4.78, 5) is 21.1. The molecule has 6 rings (SSSR count). The molecular weight excluding hydrogens is 462 g/mol. The molecule has 0 aliphatic heterocycles. The third-order valence-corrected chi connectivity index (χ3v) is 7.48. The van der Waals surface area contributed by atoms with Gasteiger partial charge in [-0.15, -0.1) is 0 Å². The maximum absolute atomic E-state index is 14.0. The summed E-state index contributed by atoms with van der Waals surface area (Å²) in [5, 5.41) is 2.52. The number of hydrogen-bond donors (Lipinski definition) is 1. The lowest BCUT2D eigenvalue weighted by Gasteiger charge is -2.28. The van der Waals surface area contributed by atoms with Gasteiger partial charge >= 0.3 is 0 Å². The first-order chi connectivity index (χ1) is 17.5. The van der Waals surface area contributed by atoms with Crippen LogP contribution in [0, 0.1) is 29.4 Å². The average Bonchev–Trinajstić information content (AvgIpc) is 3.60. The first-order valence-electron chi connectivity index (χ1n) is 12.4. The van der Waals surface area contributed by atoms with Crippen molar-refractivity contribution in [1.82, 2.24) is 14.5 Å². The van der Waals surface area contributed by atoms with Crippen LogP contribution in [0.15, 0.2) is 65.6 Å². The van der Waals surface area contributed by atoms with Gasteiger partial charge in [0.2, 0.25) is 0 Å². The summed E-state index contributed by atoms with van der Waals surface area (Å²) in [7, 11) is 0. The van der Waals surface area contributed by atoms with Crippen molar-refractivity contribution >= 4 is 11.6 Å². The minimum atomic E-state index is -0.629. The Morgan fingerprint density at radius 2 is 1.81 bits per heavy atom. The summed E-state index contributed by atoms with van der Waals surface area (Å²) >= 11 is 0. The maximum Gasteiger partial charge on any atom is 0.291 e. The molecule has 2 saturated carbocycles. The second kappa shape index (κ2) is 9.33. The van der Waals surface area contributed by atoms with Gasteiger partial charge in [0, 0.05) is 18.3 Å². The van der Waals surface area contributed by atoms with Crippen LogP contribution < -0.4 is 5.32 Å². The second-order valence-corrected chi connectivity index (χ2v) is 9.96. The van der Waals surface area contributed by atoms with Crippen molar-refractivity contribution in [2.45, 2.75) is 38.6 Å². The van der Waals surface area contributed by atoms with Gasteiger partial charge in [-0.2, -0.15) is 0 Å². The fraction of sp³-hybridized carbons (Fsp3) is 0.321. The number of halogens is 2. The largest absolute Gasteiger partial charge is 0.449 e. The van der Waals surface area contributed by atoms with Crippen LogP contribution in [0.1, 0.15) is 42.7 Å². The second-order valence-electron chi connectivity index (χ2n) is 9.96. The molecule has 2 bridgehead atoms. The summed E-state index contributed by atoms with van der Waals surface area (Å²) < 4.78 is 35.6. The van der Waals surface area contributed by atoms with Gasteiger partial charge in [-0.3, -0.25) is 9.78 Å². The number of nitrogens with one attached hydrogen (secondary N) is 1. The minimum absolute atomic E-state index is 0.0249. The normalized spacial score (nSPS) is 21.0. The number of benzene rings is 1. The van der Waals surface area contributed by atoms with Gasteiger partial charge in [-0.25, -0.2) is 13.8 Å². The summed E-state index contributed by atoms with van der Waals surface area (Å²) in [5.74, 6) is 1.19. The Balaban J connectivity index is 1.32. The van der Waals surface area contributed by atoms with Gasteiger partial charge in [0.25, 0.3) is 5.91 Å². The average molecular weight is 489 g/mol. The zero-order valence-corrected chi connectivity index (χ0v) is 19.7. The Bertz CT molecular complexity index is 1380. The molecule has 0 radical (unpaired) electrons. The standard InChI is InChI=1S/C28H26F2N4O2/c29-21-5-3-20(4-6-21)26-27(34(16-32-26)15-19-12-17-1-2-18(11-17)13-19)24-7-8-25(36-24)28(35)33-23-9-10-31-14-22(23)30/h3-10,14,16-19H,1-2,11-13,15H2,(H,31,33,35). The number of carbonyl (C=O) groups is 1. The number of furan rings is 1. The van der Waals surface area contributed by atoms with E-state index < -0.39 is 11.7 Å². The molecule has 2 aliphatic rings. The molecule has 3 aromatic heterocycles. The van der Waals surface area contributed by atoms with E-state index in [0.717, 1.165) is 35.8 Å². The van der Waals surface area contributed by atoms with E-state index in [0.29, 0.717) is 17.4 Å². The molecule has 6 nitrogen and oxygen atoms in total. The van der Waals surface area contributed by atoms with E-state index in [1.807, 2.05) is 0 Å². The first-order valence-corrected chi connectivity index (χ1v) is 12.4. The van der Waals surface area contributed by atoms with Gasteiger partial charge in [0.1, 0.15) is 11.5 Å². The molecule has 1 amide bonds. The van der Waals surface area contributed by atoms with Crippen LogP contribution in [0.25, 0.3) is 22.7 Å². The number of pyridine rings is 1. The number of anilines is 1. The topological polar surface area (TPSA) is 73.0 Å². The van der Waals surface area contributed by atoms with Gasteiger partial charge in [-0.05, 0) is 79.5 Å². The number of rotatable bonds is 6. The summed E-state index contributed by atoms with van der Waals surface area (Å²) in [6.45, 7) is 0.807. The van der Waals surface area contributed by atoms with Crippen LogP contribution in [0.3, 0.4) is 0 Å². The third-order valence-electron chi connectivity index (χ3n) is 7.48. The van der Waals surface area contributed by atoms with Gasteiger partial charge in [0.05, 0.1) is 23.9 Å². The zero-order valence-electron chi connectivity index (χ0n) is 19.7. The predicted octanol–water partition coefficient (Wildman–Crippen LogP) is 6.56. The van der Waals surface area contributed by atoms with Crippen molar-refractivity contribution in [2.24, 2.45) is 17.8 Å². The van der Waals surface area contributed by atoms with Crippen LogP contribution in [-0.2, 0) is 6.54 Å². The van der Waals surface area contributed by atoms with E-state index in [1.165, 1.54) is 56.5 Å². The number of imidazole rings is 1. The number of aromatic nitrogens is 3. The van der Waals surface area contributed by atoms with Crippen molar-refractivity contribution in [3.63, 3.8) is 0 Å². The van der Waals surface area contributed by atoms with Crippen LogP contribution in [-0.4, -0.2) is 20.4 Å². The molecule has 2 unspecified atom stereocenters. The minimum Gasteiger partial charge on any atom is -0.449 e. The Morgan fingerprint density at radius 1 is 1.03 bits per heavy atom. The van der Waals surface area contributed by atoms with Crippen molar-refractivity contribution < 1.29 is 18.0 Å². The van der Waals surface area contributed by atoms with E-state index in [-0.39, 0.29) is 17.3 Å². The Labute approximate surface area is 207 Å². The number of amides is 1. The van der Waals surface area contributed by atoms with Crippen molar-refractivity contribution in [1.29, 1.82) is 0 Å². The molecule has 1 N–H and O–H groups in total. The molecule has 0 saturated heterocycles. The molecular formula is C28H26F2N4O2. The Kier molecular flexibility index (Phi) is 5.87. The highest BCUT2D eigenvalue weighted by Gasteiger charge is 2.34. The SMILES string of the molecule is O=C(Nc1ccncc1F)c1ccc(-c2c(-c3ccc(F)cc3)ncn2CC2CC3CCC(C3)C2)o1. The van der Waals surface area contributed by atoms with Gasteiger partial charge in [-0.1, -0.05) is 12.8 Å². The third kappa shape index (κ3) is 4.43. The van der Waals surface area contributed by atoms with Crippen LogP contribution in [0.2, 0.25) is 0 Å². The van der Waals surface area contributed by atoms with Gasteiger partial charge < -0.3 is 14.3 Å². The monoisotopic (exact) mass is 488 g/mol. The van der Waals surface area contributed by atoms with E-state index in [1.54, 1.807) is 30.6 Å². The number of carbonyl (C=O) groups excluding carboxylic acids is 1. The van der Waals surface area contributed by atoms with E-state index in [4.69, 9.17) is 4.42 Å². The quantitative estimate of drug-likeness (QED) is 0.334. The molecule has 1 aromatic carbocycles. The van der Waals surface area contributed by atoms with E-state index in [2.05, 4.69) is 19.9 Å². The first kappa shape index (κ1) is 22.6. The highest BCUT2D eigenvalue weighted by atomic mass is 19.1. The smallest absolute Gasteiger partial charge is 0.291 e. The fourth-order valence-corrected chi connectivity index (χ4v) is 5.92. The molecule has 8 heteroatoms. The predicted molar refractivity (Wildman–Crippen MR) is 131 cm³/mol. The molecule has 2 fully saturated rings. The number of nitrogens with zero attached hydrogens (tertiary/aromatic N) is 3. The van der Waals surface area contributed by atoms with Crippen molar-refractivity contribution in [3.8, 4) is 22.7 Å². The summed E-state index contributed by atoms with van der Waals surface area (Å²) in [5.41, 5.74) is 2.19. The Morgan fingerprint density at radius 3 is 2.56 bits per heavy atom. The number of hydrogen-bond acceptors (Lipinski definition) is 4. The van der Waals surface area contributed by atoms with Crippen LogP contribution >= 0.6 is 0 Å². The lowest BCUT2D eigenvalue weighted by atomic mass is 9.81. The van der Waals surface area contributed by atoms with E-state index in [9.17, 15) is 13.6 Å². The lowest BCUT2D eigenvalue weighted by Crippen LogP contribution is -2.20. The summed E-state index contributed by atoms with van der Waals surface area (Å²) in [6.07, 6.45) is 10.7. The van der Waals surface area contributed by atoms with E-state index >= 15 is 0 Å². The number of fused-ring (bicyclic) bond motifs is 2. The lowest BCUT2D eigenvalue weighted by molar-refractivity contribution is 0.0997. The molecule has 4 aromatic rings. The molecule has 0 spiro atoms. The van der Waals surface area contributed by atoms with Gasteiger partial charge in [0.15, 0.2) is 17.3 Å². The molecule has 2 atom stereocenters. The maximum atomic E-state index is 14.0. The Hall–Kier alpha value is -3.81. The molecule has 2 aliphatic carbocycles. The van der Waals surface area contributed by atoms with Crippen LogP contribution in [0.4, 0.5) is 14.5 Å². The van der Waals surface area contributed by atoms with Crippen molar-refractivity contribution in [3.05, 3.63) is 78.6 Å². The summed E-state index contributed by atoms with van der Waals surface area (Å²) in [6, 6.07) is 10.9. The fourth-order valence-electron chi connectivity index (χ4n) is 5.92.